The molecule has 8 nitrogen and oxygen atoms in total. The fourth-order valence-electron chi connectivity index (χ4n) is 2.73. The number of hydrogen-bond acceptors (Lipinski definition) is 5. The number of aryl methyl sites for hydroxylation is 1. The summed E-state index contributed by atoms with van der Waals surface area (Å²) in [5.74, 6) is -0.583. The molecular formula is C15H19N3O5. The second-order valence-corrected chi connectivity index (χ2v) is 5.43. The molecule has 1 fully saturated rings. The molecule has 0 spiro atoms. The van der Waals surface area contributed by atoms with Gasteiger partial charge in [-0.3, -0.25) is 24.5 Å². The van der Waals surface area contributed by atoms with E-state index in [-0.39, 0.29) is 17.5 Å². The lowest BCUT2D eigenvalue weighted by Gasteiger charge is -2.26. The maximum Gasteiger partial charge on any atom is 0.272 e. The van der Waals surface area contributed by atoms with Gasteiger partial charge < -0.3 is 4.90 Å². The van der Waals surface area contributed by atoms with E-state index >= 15 is 0 Å². The molecule has 8 heteroatoms. The summed E-state index contributed by atoms with van der Waals surface area (Å²) in [6.07, 6.45) is 1.30. The van der Waals surface area contributed by atoms with Crippen LogP contribution in [0.2, 0.25) is 0 Å². The van der Waals surface area contributed by atoms with Gasteiger partial charge in [0.25, 0.3) is 17.5 Å². The van der Waals surface area contributed by atoms with E-state index in [0.29, 0.717) is 24.1 Å². The molecule has 1 aliphatic heterocycles. The monoisotopic (exact) mass is 321 g/mol. The minimum Gasteiger partial charge on any atom is -0.327 e. The summed E-state index contributed by atoms with van der Waals surface area (Å²) < 4.78 is 0. The molecule has 2 rings (SSSR count). The summed E-state index contributed by atoms with van der Waals surface area (Å²) in [7, 11) is 2.89. The van der Waals surface area contributed by atoms with Gasteiger partial charge in [0.1, 0.15) is 6.04 Å². The third-order valence-electron chi connectivity index (χ3n) is 4.02. The highest BCUT2D eigenvalue weighted by Crippen LogP contribution is 2.24. The van der Waals surface area contributed by atoms with Crippen LogP contribution in [0.4, 0.5) is 5.69 Å². The van der Waals surface area contributed by atoms with E-state index in [9.17, 15) is 19.7 Å². The first-order chi connectivity index (χ1) is 10.9. The molecule has 124 valence electrons. The number of benzene rings is 1. The molecule has 1 unspecified atom stereocenters. The number of rotatable bonds is 4. The number of likely N-dealkylation sites (tertiary alicyclic amines) is 1. The van der Waals surface area contributed by atoms with Crippen LogP contribution in [-0.2, 0) is 9.63 Å². The quantitative estimate of drug-likeness (QED) is 0.619. The largest absolute Gasteiger partial charge is 0.327 e. The lowest BCUT2D eigenvalue weighted by Crippen LogP contribution is -2.46. The van der Waals surface area contributed by atoms with Crippen molar-refractivity contribution in [1.82, 2.24) is 9.96 Å². The van der Waals surface area contributed by atoms with Crippen molar-refractivity contribution >= 4 is 17.5 Å². The minimum atomic E-state index is -0.567. The number of nitro groups is 1. The molecule has 1 atom stereocenters. The summed E-state index contributed by atoms with van der Waals surface area (Å²) in [6, 6.07) is 3.66. The molecular weight excluding hydrogens is 302 g/mol. The predicted octanol–water partition coefficient (Wildman–Crippen LogP) is 1.53. The van der Waals surface area contributed by atoms with Crippen molar-refractivity contribution in [2.75, 3.05) is 20.7 Å². The van der Waals surface area contributed by atoms with E-state index in [1.54, 1.807) is 6.92 Å². The van der Waals surface area contributed by atoms with E-state index in [1.165, 1.54) is 37.3 Å². The first-order valence-electron chi connectivity index (χ1n) is 7.24. The zero-order chi connectivity index (χ0) is 17.1. The molecule has 1 aromatic carbocycles. The van der Waals surface area contributed by atoms with Crippen LogP contribution in [0.5, 0.6) is 0 Å². The van der Waals surface area contributed by atoms with Crippen molar-refractivity contribution in [3.05, 3.63) is 39.4 Å². The number of amides is 2. The van der Waals surface area contributed by atoms with Gasteiger partial charge in [-0.05, 0) is 31.9 Å². The summed E-state index contributed by atoms with van der Waals surface area (Å²) in [5.41, 5.74) is 0.722. The van der Waals surface area contributed by atoms with Crippen molar-refractivity contribution in [3.63, 3.8) is 0 Å². The van der Waals surface area contributed by atoms with Gasteiger partial charge in [-0.25, -0.2) is 5.06 Å². The Morgan fingerprint density at radius 1 is 1.43 bits per heavy atom. The molecule has 1 saturated heterocycles. The number of likely N-dealkylation sites (N-methyl/N-ethyl adjacent to an activating group) is 1. The average Bonchev–Trinajstić information content (AvgIpc) is 3.01. The van der Waals surface area contributed by atoms with Crippen LogP contribution < -0.4 is 0 Å². The van der Waals surface area contributed by atoms with Crippen LogP contribution in [0.1, 0.15) is 28.8 Å². The first-order valence-corrected chi connectivity index (χ1v) is 7.24. The summed E-state index contributed by atoms with van der Waals surface area (Å²) in [5, 5.41) is 12.0. The summed E-state index contributed by atoms with van der Waals surface area (Å²) >= 11 is 0. The zero-order valence-corrected chi connectivity index (χ0v) is 13.3. The van der Waals surface area contributed by atoms with Crippen LogP contribution in [0.3, 0.4) is 0 Å². The number of carbonyl (C=O) groups is 2. The molecule has 0 N–H and O–H groups in total. The number of hydrogen-bond donors (Lipinski definition) is 0. The second kappa shape index (κ2) is 6.74. The third kappa shape index (κ3) is 3.31. The van der Waals surface area contributed by atoms with Crippen LogP contribution in [0.15, 0.2) is 18.2 Å². The maximum atomic E-state index is 12.7. The average molecular weight is 321 g/mol. The zero-order valence-electron chi connectivity index (χ0n) is 13.3. The van der Waals surface area contributed by atoms with Gasteiger partial charge in [0.2, 0.25) is 0 Å². The molecule has 0 radical (unpaired) electrons. The fourth-order valence-corrected chi connectivity index (χ4v) is 2.73. The predicted molar refractivity (Wildman–Crippen MR) is 81.7 cm³/mol. The number of nitro benzene ring substituents is 1. The number of carbonyl (C=O) groups excluding carboxylic acids is 2. The smallest absolute Gasteiger partial charge is 0.272 e. The Hall–Kier alpha value is -2.48. The Balaban J connectivity index is 2.24. The molecule has 2 amide bonds. The minimum absolute atomic E-state index is 0.0327. The fraction of sp³-hybridized carbons (Fsp3) is 0.467. The third-order valence-corrected chi connectivity index (χ3v) is 4.02. The Labute approximate surface area is 133 Å². The van der Waals surface area contributed by atoms with Crippen LogP contribution in [0, 0.1) is 17.0 Å². The van der Waals surface area contributed by atoms with Crippen molar-refractivity contribution in [1.29, 1.82) is 0 Å². The van der Waals surface area contributed by atoms with Gasteiger partial charge >= 0.3 is 0 Å². The highest BCUT2D eigenvalue weighted by atomic mass is 16.7. The highest BCUT2D eigenvalue weighted by Gasteiger charge is 2.36. The molecule has 1 heterocycles. The molecule has 0 aliphatic carbocycles. The lowest BCUT2D eigenvalue weighted by molar-refractivity contribution is -0.385. The van der Waals surface area contributed by atoms with Crippen LogP contribution >= 0.6 is 0 Å². The van der Waals surface area contributed by atoms with Gasteiger partial charge in [-0.2, -0.15) is 0 Å². The molecule has 0 bridgehead atoms. The SMILES string of the molecule is CON(C)C(=O)C1CCCN1C(=O)c1ccc([N+](=O)[O-])c(C)c1. The van der Waals surface area contributed by atoms with Gasteiger partial charge in [0, 0.05) is 30.8 Å². The van der Waals surface area contributed by atoms with Crippen LogP contribution in [0.25, 0.3) is 0 Å². The van der Waals surface area contributed by atoms with E-state index in [4.69, 9.17) is 4.84 Å². The molecule has 1 aromatic rings. The van der Waals surface area contributed by atoms with Gasteiger partial charge in [0.15, 0.2) is 0 Å². The standard InChI is InChI=1S/C15H19N3O5/c1-10-9-11(6-7-12(10)18(21)22)14(19)17-8-4-5-13(17)15(20)16(2)23-3/h6-7,9,13H,4-5,8H2,1-3H3. The molecule has 1 aliphatic rings. The number of nitrogens with zero attached hydrogens (tertiary/aromatic N) is 3. The van der Waals surface area contributed by atoms with Gasteiger partial charge in [-0.1, -0.05) is 0 Å². The Morgan fingerprint density at radius 2 is 2.13 bits per heavy atom. The van der Waals surface area contributed by atoms with Crippen molar-refractivity contribution in [2.24, 2.45) is 0 Å². The van der Waals surface area contributed by atoms with Gasteiger partial charge in [0.05, 0.1) is 12.0 Å². The first kappa shape index (κ1) is 16.9. The second-order valence-electron chi connectivity index (χ2n) is 5.43. The molecule has 0 aromatic heterocycles. The van der Waals surface area contributed by atoms with Crippen molar-refractivity contribution in [2.45, 2.75) is 25.8 Å². The lowest BCUT2D eigenvalue weighted by atomic mass is 10.1. The topological polar surface area (TPSA) is 93.0 Å². The van der Waals surface area contributed by atoms with Crippen molar-refractivity contribution in [3.8, 4) is 0 Å². The van der Waals surface area contributed by atoms with E-state index < -0.39 is 11.0 Å². The Kier molecular flexibility index (Phi) is 4.95. The van der Waals surface area contributed by atoms with E-state index in [1.807, 2.05) is 0 Å². The Bertz CT molecular complexity index is 646. The van der Waals surface area contributed by atoms with E-state index in [2.05, 4.69) is 0 Å². The summed E-state index contributed by atoms with van der Waals surface area (Å²) in [6.45, 7) is 2.06. The highest BCUT2D eigenvalue weighted by molar-refractivity contribution is 5.98. The summed E-state index contributed by atoms with van der Waals surface area (Å²) in [4.78, 5) is 41.7. The molecule has 0 saturated carbocycles. The molecule has 23 heavy (non-hydrogen) atoms. The van der Waals surface area contributed by atoms with Crippen LogP contribution in [-0.4, -0.2) is 53.4 Å². The van der Waals surface area contributed by atoms with E-state index in [0.717, 1.165) is 11.5 Å². The van der Waals surface area contributed by atoms with Crippen molar-refractivity contribution < 1.29 is 19.3 Å². The van der Waals surface area contributed by atoms with Gasteiger partial charge in [-0.15, -0.1) is 0 Å². The number of hydroxylamine groups is 2. The normalized spacial score (nSPS) is 17.2. The Morgan fingerprint density at radius 3 is 2.70 bits per heavy atom. The maximum absolute atomic E-state index is 12.7.